The van der Waals surface area contributed by atoms with Crippen molar-refractivity contribution < 1.29 is 19.8 Å². The fourth-order valence-electron chi connectivity index (χ4n) is 1.42. The van der Waals surface area contributed by atoms with Gasteiger partial charge in [-0.25, -0.2) is 0 Å². The highest BCUT2D eigenvalue weighted by Gasteiger charge is 2.46. The van der Waals surface area contributed by atoms with Gasteiger partial charge in [0.2, 0.25) is 11.8 Å². The van der Waals surface area contributed by atoms with E-state index in [4.69, 9.17) is 11.5 Å². The van der Waals surface area contributed by atoms with Crippen LogP contribution >= 0.6 is 0 Å². The van der Waals surface area contributed by atoms with Gasteiger partial charge < -0.3 is 21.7 Å². The second-order valence-corrected chi connectivity index (χ2v) is 4.60. The second-order valence-electron chi connectivity index (χ2n) is 4.60. The van der Waals surface area contributed by atoms with E-state index in [0.29, 0.717) is 0 Å². The first-order valence-corrected chi connectivity index (χ1v) is 5.00. The molecule has 0 aliphatic heterocycles. The summed E-state index contributed by atoms with van der Waals surface area (Å²) in [6, 6.07) is 0. The Balaban J connectivity index is 5.08. The molecule has 0 saturated carbocycles. The van der Waals surface area contributed by atoms with Gasteiger partial charge in [-0.2, -0.15) is 0 Å². The zero-order chi connectivity index (χ0) is 13.3. The molecule has 6 nitrogen and oxygen atoms in total. The molecular weight excluding hydrogens is 212 g/mol. The largest absolute Gasteiger partial charge is 0.380 e. The van der Waals surface area contributed by atoms with E-state index in [0.717, 1.165) is 0 Å². The van der Waals surface area contributed by atoms with E-state index >= 15 is 0 Å². The van der Waals surface area contributed by atoms with Crippen molar-refractivity contribution in [3.05, 3.63) is 0 Å². The van der Waals surface area contributed by atoms with Gasteiger partial charge in [-0.1, -0.05) is 13.8 Å². The minimum Gasteiger partial charge on any atom is -0.380 e. The summed E-state index contributed by atoms with van der Waals surface area (Å²) in [5.74, 6) is -3.25. The molecule has 2 amide bonds. The minimum absolute atomic E-state index is 0.715. The number of rotatable bonds is 5. The lowest BCUT2D eigenvalue weighted by Gasteiger charge is -2.37. The van der Waals surface area contributed by atoms with Crippen LogP contribution in [0.3, 0.4) is 0 Å². The molecule has 16 heavy (non-hydrogen) atoms. The lowest BCUT2D eigenvalue weighted by atomic mass is 9.73. The van der Waals surface area contributed by atoms with Gasteiger partial charge in [-0.3, -0.25) is 9.59 Å². The zero-order valence-electron chi connectivity index (χ0n) is 10.0. The molecule has 0 fully saturated rings. The van der Waals surface area contributed by atoms with Gasteiger partial charge in [0, 0.05) is 0 Å². The van der Waals surface area contributed by atoms with Crippen LogP contribution in [0.5, 0.6) is 0 Å². The monoisotopic (exact) mass is 232 g/mol. The zero-order valence-corrected chi connectivity index (χ0v) is 10.0. The van der Waals surface area contributed by atoms with E-state index < -0.39 is 34.9 Å². The Morgan fingerprint density at radius 2 is 1.12 bits per heavy atom. The average molecular weight is 232 g/mol. The van der Waals surface area contributed by atoms with E-state index in [1.165, 1.54) is 27.7 Å². The van der Waals surface area contributed by atoms with Gasteiger partial charge in [0.1, 0.15) is 11.2 Å². The standard InChI is InChI=1S/C10H20N2O4/c1-5(9(3,15)7(11)13)6(2)10(4,16)8(12)14/h5-6,15-16H,1-4H3,(H2,11,13)(H2,12,14). The Bertz CT molecular complexity index is 269. The summed E-state index contributed by atoms with van der Waals surface area (Å²) in [4.78, 5) is 22.1. The summed E-state index contributed by atoms with van der Waals surface area (Å²) in [6.07, 6.45) is 0. The van der Waals surface area contributed by atoms with Crippen LogP contribution in [0, 0.1) is 11.8 Å². The van der Waals surface area contributed by atoms with Crippen molar-refractivity contribution in [2.24, 2.45) is 23.3 Å². The SMILES string of the molecule is CC(C(C)C(C)(O)C(N)=O)C(C)(O)C(N)=O. The fraction of sp³-hybridized carbons (Fsp3) is 0.800. The predicted octanol–water partition coefficient (Wildman–Crippen LogP) is -1.27. The Morgan fingerprint density at radius 1 is 0.938 bits per heavy atom. The highest BCUT2D eigenvalue weighted by Crippen LogP contribution is 2.31. The summed E-state index contributed by atoms with van der Waals surface area (Å²) in [5.41, 5.74) is 6.47. The average Bonchev–Trinajstić information content (AvgIpc) is 2.14. The van der Waals surface area contributed by atoms with Crippen LogP contribution in [0.1, 0.15) is 27.7 Å². The van der Waals surface area contributed by atoms with E-state index in [9.17, 15) is 19.8 Å². The second kappa shape index (κ2) is 4.39. The summed E-state index contributed by atoms with van der Waals surface area (Å²) < 4.78 is 0. The van der Waals surface area contributed by atoms with Crippen molar-refractivity contribution in [2.45, 2.75) is 38.9 Å². The number of aliphatic hydroxyl groups is 2. The lowest BCUT2D eigenvalue weighted by molar-refractivity contribution is -0.155. The minimum atomic E-state index is -1.81. The number of amides is 2. The number of carbonyl (C=O) groups excluding carboxylic acids is 2. The molecule has 0 spiro atoms. The Morgan fingerprint density at radius 3 is 1.25 bits per heavy atom. The molecule has 6 heteroatoms. The molecule has 4 atom stereocenters. The van der Waals surface area contributed by atoms with Crippen molar-refractivity contribution in [3.8, 4) is 0 Å². The van der Waals surface area contributed by atoms with Gasteiger partial charge in [-0.05, 0) is 25.7 Å². The summed E-state index contributed by atoms with van der Waals surface area (Å²) in [5, 5.41) is 19.7. The quantitative estimate of drug-likeness (QED) is 0.471. The molecule has 94 valence electrons. The molecule has 0 saturated heterocycles. The van der Waals surface area contributed by atoms with Gasteiger partial charge in [-0.15, -0.1) is 0 Å². The summed E-state index contributed by atoms with van der Waals surface area (Å²) >= 11 is 0. The van der Waals surface area contributed by atoms with Gasteiger partial charge in [0.25, 0.3) is 0 Å². The fourth-order valence-corrected chi connectivity index (χ4v) is 1.42. The number of hydrogen-bond donors (Lipinski definition) is 4. The molecule has 0 radical (unpaired) electrons. The van der Waals surface area contributed by atoms with Gasteiger partial charge in [0.15, 0.2) is 0 Å². The van der Waals surface area contributed by atoms with E-state index in [2.05, 4.69) is 0 Å². The van der Waals surface area contributed by atoms with Crippen LogP contribution in [0.25, 0.3) is 0 Å². The highest BCUT2D eigenvalue weighted by atomic mass is 16.3. The number of primary amides is 2. The third-order valence-corrected chi connectivity index (χ3v) is 3.52. The lowest BCUT2D eigenvalue weighted by Crippen LogP contribution is -2.56. The van der Waals surface area contributed by atoms with E-state index in [-0.39, 0.29) is 0 Å². The van der Waals surface area contributed by atoms with Crippen molar-refractivity contribution >= 4 is 11.8 Å². The first kappa shape index (κ1) is 14.9. The number of carbonyl (C=O) groups is 2. The van der Waals surface area contributed by atoms with Crippen molar-refractivity contribution in [2.75, 3.05) is 0 Å². The Kier molecular flexibility index (Phi) is 4.07. The molecular formula is C10H20N2O4. The van der Waals surface area contributed by atoms with Crippen molar-refractivity contribution in [3.63, 3.8) is 0 Å². The van der Waals surface area contributed by atoms with Gasteiger partial charge >= 0.3 is 0 Å². The topological polar surface area (TPSA) is 127 Å². The van der Waals surface area contributed by atoms with Crippen LogP contribution in [-0.4, -0.2) is 33.2 Å². The van der Waals surface area contributed by atoms with Gasteiger partial charge in [0.05, 0.1) is 0 Å². The maximum Gasteiger partial charge on any atom is 0.249 e. The van der Waals surface area contributed by atoms with Crippen LogP contribution in [0.15, 0.2) is 0 Å². The normalized spacial score (nSPS) is 22.6. The first-order chi connectivity index (χ1) is 6.95. The van der Waals surface area contributed by atoms with Crippen molar-refractivity contribution in [1.82, 2.24) is 0 Å². The molecule has 0 aliphatic rings. The third kappa shape index (κ3) is 2.51. The predicted molar refractivity (Wildman–Crippen MR) is 58.0 cm³/mol. The Labute approximate surface area is 94.6 Å². The highest BCUT2D eigenvalue weighted by molar-refractivity contribution is 5.85. The maximum absolute atomic E-state index is 11.0. The summed E-state index contributed by atoms with van der Waals surface area (Å²) in [7, 11) is 0. The maximum atomic E-state index is 11.0. The molecule has 4 unspecified atom stereocenters. The first-order valence-electron chi connectivity index (χ1n) is 5.00. The van der Waals surface area contributed by atoms with E-state index in [1.807, 2.05) is 0 Å². The number of hydrogen-bond acceptors (Lipinski definition) is 4. The van der Waals surface area contributed by atoms with Crippen LogP contribution in [-0.2, 0) is 9.59 Å². The third-order valence-electron chi connectivity index (χ3n) is 3.52. The Hall–Kier alpha value is -1.14. The molecule has 0 heterocycles. The molecule has 0 aromatic carbocycles. The number of nitrogens with two attached hydrogens (primary N) is 2. The van der Waals surface area contributed by atoms with Crippen molar-refractivity contribution in [1.29, 1.82) is 0 Å². The molecule has 0 bridgehead atoms. The van der Waals surface area contributed by atoms with Crippen LogP contribution < -0.4 is 11.5 Å². The molecule has 0 rings (SSSR count). The molecule has 0 aliphatic carbocycles. The van der Waals surface area contributed by atoms with Crippen LogP contribution in [0.4, 0.5) is 0 Å². The summed E-state index contributed by atoms with van der Waals surface area (Å²) in [6.45, 7) is 5.53. The van der Waals surface area contributed by atoms with Crippen LogP contribution in [0.2, 0.25) is 0 Å². The molecule has 6 N–H and O–H groups in total. The smallest absolute Gasteiger partial charge is 0.249 e. The molecule has 0 aromatic heterocycles. The molecule has 0 aromatic rings. The van der Waals surface area contributed by atoms with E-state index in [1.54, 1.807) is 0 Å².